The smallest absolute Gasteiger partial charge is 0.257 e. The van der Waals surface area contributed by atoms with Gasteiger partial charge in [-0.3, -0.25) is 4.79 Å². The van der Waals surface area contributed by atoms with Gasteiger partial charge in [0.25, 0.3) is 5.91 Å². The summed E-state index contributed by atoms with van der Waals surface area (Å²) in [6.45, 7) is 6.43. The van der Waals surface area contributed by atoms with Crippen LogP contribution in [0, 0.1) is 5.82 Å². The lowest BCUT2D eigenvalue weighted by molar-refractivity contribution is 0.0749. The van der Waals surface area contributed by atoms with Crippen LogP contribution in [-0.2, 0) is 16.6 Å². The molecule has 9 heteroatoms. The van der Waals surface area contributed by atoms with E-state index in [4.69, 9.17) is 11.6 Å². The molecule has 0 N–H and O–H groups in total. The number of benzene rings is 1. The largest absolute Gasteiger partial charge is 0.334 e. The van der Waals surface area contributed by atoms with Crippen molar-refractivity contribution in [3.05, 3.63) is 50.9 Å². The standard InChI is InChI=1S/C18H22ClFN2O3S2/c1-4-21(12-13-7-10-17(19)26-13)18(23)15-11-14(8-9-16(15)20)27(24,25)22(5-2)6-3/h7-11H,4-6,12H2,1-3H3. The van der Waals surface area contributed by atoms with Gasteiger partial charge in [0.15, 0.2) is 0 Å². The zero-order valence-electron chi connectivity index (χ0n) is 15.4. The number of sulfonamides is 1. The number of hydrogen-bond donors (Lipinski definition) is 0. The predicted octanol–water partition coefficient (Wildman–Crippen LogP) is 4.23. The molecule has 27 heavy (non-hydrogen) atoms. The average Bonchev–Trinajstić information content (AvgIpc) is 3.05. The van der Waals surface area contributed by atoms with Crippen LogP contribution in [0.15, 0.2) is 35.2 Å². The van der Waals surface area contributed by atoms with E-state index in [1.807, 2.05) is 0 Å². The van der Waals surface area contributed by atoms with E-state index >= 15 is 0 Å². The van der Waals surface area contributed by atoms with Crippen molar-refractivity contribution < 1.29 is 17.6 Å². The van der Waals surface area contributed by atoms with E-state index in [0.717, 1.165) is 17.0 Å². The summed E-state index contributed by atoms with van der Waals surface area (Å²) < 4.78 is 41.6. The van der Waals surface area contributed by atoms with Crippen molar-refractivity contribution in [1.29, 1.82) is 0 Å². The van der Waals surface area contributed by atoms with E-state index in [1.54, 1.807) is 32.9 Å². The third-order valence-electron chi connectivity index (χ3n) is 4.16. The Balaban J connectivity index is 2.37. The first-order valence-electron chi connectivity index (χ1n) is 8.57. The molecule has 1 heterocycles. The van der Waals surface area contributed by atoms with Crippen LogP contribution < -0.4 is 0 Å². The summed E-state index contributed by atoms with van der Waals surface area (Å²) >= 11 is 7.26. The molecule has 148 valence electrons. The topological polar surface area (TPSA) is 57.7 Å². The highest BCUT2D eigenvalue weighted by Gasteiger charge is 2.26. The van der Waals surface area contributed by atoms with Crippen LogP contribution in [0.4, 0.5) is 4.39 Å². The molecule has 0 atom stereocenters. The molecule has 0 spiro atoms. The average molecular weight is 433 g/mol. The number of carbonyl (C=O) groups is 1. The maximum absolute atomic E-state index is 14.3. The molecular formula is C18H22ClFN2O3S2. The predicted molar refractivity (Wildman–Crippen MR) is 106 cm³/mol. The lowest BCUT2D eigenvalue weighted by Gasteiger charge is -2.22. The molecule has 0 bridgehead atoms. The normalized spacial score (nSPS) is 11.8. The first-order chi connectivity index (χ1) is 12.7. The van der Waals surface area contributed by atoms with Gasteiger partial charge in [0, 0.05) is 24.5 Å². The molecule has 0 saturated carbocycles. The Morgan fingerprint density at radius 3 is 2.30 bits per heavy atom. The lowest BCUT2D eigenvalue weighted by Crippen LogP contribution is -2.32. The van der Waals surface area contributed by atoms with Gasteiger partial charge < -0.3 is 4.90 Å². The number of hydrogen-bond acceptors (Lipinski definition) is 4. The highest BCUT2D eigenvalue weighted by Crippen LogP contribution is 2.25. The van der Waals surface area contributed by atoms with Crippen LogP contribution in [0.5, 0.6) is 0 Å². The van der Waals surface area contributed by atoms with Crippen molar-refractivity contribution in [3.63, 3.8) is 0 Å². The van der Waals surface area contributed by atoms with Gasteiger partial charge in [0.05, 0.1) is 21.3 Å². The maximum atomic E-state index is 14.3. The van der Waals surface area contributed by atoms with E-state index in [1.165, 1.54) is 26.6 Å². The Labute approximate surface area is 168 Å². The van der Waals surface area contributed by atoms with E-state index in [2.05, 4.69) is 0 Å². The van der Waals surface area contributed by atoms with Gasteiger partial charge in [-0.2, -0.15) is 4.31 Å². The SMILES string of the molecule is CCN(Cc1ccc(Cl)s1)C(=O)c1cc(S(=O)(=O)N(CC)CC)ccc1F. The summed E-state index contributed by atoms with van der Waals surface area (Å²) in [5.41, 5.74) is -0.257. The van der Waals surface area contributed by atoms with E-state index in [-0.39, 0.29) is 17.0 Å². The number of rotatable bonds is 8. The first kappa shape index (κ1) is 21.8. The van der Waals surface area contributed by atoms with Crippen molar-refractivity contribution in [3.8, 4) is 0 Å². The summed E-state index contributed by atoms with van der Waals surface area (Å²) in [7, 11) is -3.78. The molecule has 0 saturated heterocycles. The summed E-state index contributed by atoms with van der Waals surface area (Å²) in [6, 6.07) is 6.88. The molecule has 0 fully saturated rings. The van der Waals surface area contributed by atoms with E-state index in [0.29, 0.717) is 24.0 Å². The molecule has 0 aliphatic carbocycles. The van der Waals surface area contributed by atoms with Crippen molar-refractivity contribution in [2.75, 3.05) is 19.6 Å². The molecule has 1 amide bonds. The zero-order chi connectivity index (χ0) is 20.2. The van der Waals surface area contributed by atoms with Gasteiger partial charge >= 0.3 is 0 Å². The first-order valence-corrected chi connectivity index (χ1v) is 11.2. The molecule has 0 aliphatic heterocycles. The molecule has 2 rings (SSSR count). The van der Waals surface area contributed by atoms with Crippen molar-refractivity contribution in [2.45, 2.75) is 32.2 Å². The molecule has 5 nitrogen and oxygen atoms in total. The lowest BCUT2D eigenvalue weighted by atomic mass is 10.2. The minimum Gasteiger partial charge on any atom is -0.334 e. The van der Waals surface area contributed by atoms with Crippen LogP contribution >= 0.6 is 22.9 Å². The number of carbonyl (C=O) groups excluding carboxylic acids is 1. The van der Waals surface area contributed by atoms with Crippen LogP contribution in [0.25, 0.3) is 0 Å². The number of halogens is 2. The van der Waals surface area contributed by atoms with Gasteiger partial charge in [-0.25, -0.2) is 12.8 Å². The van der Waals surface area contributed by atoms with E-state index in [9.17, 15) is 17.6 Å². The molecule has 1 aromatic heterocycles. The molecule has 2 aromatic rings. The fourth-order valence-corrected chi connectivity index (χ4v) is 5.25. The van der Waals surface area contributed by atoms with Crippen molar-refractivity contribution in [1.82, 2.24) is 9.21 Å². The van der Waals surface area contributed by atoms with Gasteiger partial charge in [-0.1, -0.05) is 25.4 Å². The summed E-state index contributed by atoms with van der Waals surface area (Å²) in [6.07, 6.45) is 0. The Kier molecular flexibility index (Phi) is 7.39. The monoisotopic (exact) mass is 432 g/mol. The second kappa shape index (κ2) is 9.14. The summed E-state index contributed by atoms with van der Waals surface area (Å²) in [5, 5.41) is 0. The Morgan fingerprint density at radius 2 is 1.78 bits per heavy atom. The number of thiophene rings is 1. The van der Waals surface area contributed by atoms with Crippen molar-refractivity contribution >= 4 is 38.9 Å². The Hall–Kier alpha value is -1.48. The van der Waals surface area contributed by atoms with Crippen LogP contribution in [0.2, 0.25) is 4.34 Å². The van der Waals surface area contributed by atoms with Gasteiger partial charge in [0.1, 0.15) is 5.82 Å². The van der Waals surface area contributed by atoms with Crippen LogP contribution in [0.1, 0.15) is 36.0 Å². The summed E-state index contributed by atoms with van der Waals surface area (Å²) in [4.78, 5) is 15.1. The van der Waals surface area contributed by atoms with Gasteiger partial charge in [0.2, 0.25) is 10.0 Å². The zero-order valence-corrected chi connectivity index (χ0v) is 17.8. The minimum absolute atomic E-state index is 0.0915. The third kappa shape index (κ3) is 4.87. The Morgan fingerprint density at radius 1 is 1.11 bits per heavy atom. The van der Waals surface area contributed by atoms with E-state index < -0.39 is 21.7 Å². The molecule has 0 radical (unpaired) electrons. The fraction of sp³-hybridized carbons (Fsp3) is 0.389. The second-order valence-corrected chi connectivity index (χ2v) is 9.49. The number of amides is 1. The minimum atomic E-state index is -3.78. The van der Waals surface area contributed by atoms with Crippen LogP contribution in [-0.4, -0.2) is 43.2 Å². The molecule has 0 aliphatic rings. The van der Waals surface area contributed by atoms with Crippen molar-refractivity contribution in [2.24, 2.45) is 0 Å². The second-order valence-electron chi connectivity index (χ2n) is 5.76. The summed E-state index contributed by atoms with van der Waals surface area (Å²) in [5.74, 6) is -1.31. The van der Waals surface area contributed by atoms with Crippen LogP contribution in [0.3, 0.4) is 0 Å². The fourth-order valence-electron chi connectivity index (χ4n) is 2.66. The maximum Gasteiger partial charge on any atom is 0.257 e. The van der Waals surface area contributed by atoms with Gasteiger partial charge in [-0.15, -0.1) is 11.3 Å². The molecule has 1 aromatic carbocycles. The number of nitrogens with zero attached hydrogens (tertiary/aromatic N) is 2. The highest BCUT2D eigenvalue weighted by atomic mass is 35.5. The Bertz CT molecular complexity index is 911. The molecular weight excluding hydrogens is 411 g/mol. The van der Waals surface area contributed by atoms with Gasteiger partial charge in [-0.05, 0) is 37.3 Å². The quantitative estimate of drug-likeness (QED) is 0.627. The highest BCUT2D eigenvalue weighted by molar-refractivity contribution is 7.89. The molecule has 0 unspecified atom stereocenters. The third-order valence-corrected chi connectivity index (χ3v) is 7.42.